The zero-order chi connectivity index (χ0) is 17.6. The maximum absolute atomic E-state index is 13.8. The largest absolute Gasteiger partial charge is 0.467 e. The average molecular weight is 363 g/mol. The first-order valence-electron chi connectivity index (χ1n) is 8.13. The second-order valence-electron chi connectivity index (χ2n) is 5.82. The van der Waals surface area contributed by atoms with Crippen molar-refractivity contribution in [3.8, 4) is 5.75 Å². The molecule has 0 atom stereocenters. The van der Waals surface area contributed by atoms with Gasteiger partial charge in [-0.1, -0.05) is 6.07 Å². The van der Waals surface area contributed by atoms with Crippen molar-refractivity contribution in [2.75, 3.05) is 27.4 Å². The molecule has 7 heteroatoms. The van der Waals surface area contributed by atoms with Gasteiger partial charge in [-0.25, -0.2) is 4.39 Å². The van der Waals surface area contributed by atoms with Crippen LogP contribution in [-0.2, 0) is 24.3 Å². The standard InChI is InChI=1S/C18H22FN3O2S/c1-20-18(22(2)6-5-16-4-3-7-25-16)21-10-13-8-15(19)9-14-11-23-12-24-17(13)14/h3-4,7-9H,5-6,10-12H2,1-2H3,(H,20,21). The number of nitrogens with one attached hydrogen (secondary N) is 1. The summed E-state index contributed by atoms with van der Waals surface area (Å²) in [6, 6.07) is 7.15. The highest BCUT2D eigenvalue weighted by Crippen LogP contribution is 2.29. The fraction of sp³-hybridized carbons (Fsp3) is 0.389. The lowest BCUT2D eigenvalue weighted by atomic mass is 10.1. The number of hydrogen-bond acceptors (Lipinski definition) is 4. The van der Waals surface area contributed by atoms with Crippen LogP contribution in [0, 0.1) is 5.82 Å². The molecule has 0 radical (unpaired) electrons. The van der Waals surface area contributed by atoms with Crippen LogP contribution in [0.4, 0.5) is 4.39 Å². The topological polar surface area (TPSA) is 46.1 Å². The van der Waals surface area contributed by atoms with Crippen molar-refractivity contribution in [1.29, 1.82) is 0 Å². The predicted molar refractivity (Wildman–Crippen MR) is 97.5 cm³/mol. The van der Waals surface area contributed by atoms with E-state index in [1.165, 1.54) is 17.0 Å². The Morgan fingerprint density at radius 2 is 2.32 bits per heavy atom. The molecule has 0 spiro atoms. The highest BCUT2D eigenvalue weighted by molar-refractivity contribution is 7.09. The Balaban J connectivity index is 1.62. The summed E-state index contributed by atoms with van der Waals surface area (Å²) in [5.41, 5.74) is 1.51. The fourth-order valence-corrected chi connectivity index (χ4v) is 3.48. The number of nitrogens with zero attached hydrogens (tertiary/aromatic N) is 2. The lowest BCUT2D eigenvalue weighted by molar-refractivity contribution is -0.0173. The second-order valence-corrected chi connectivity index (χ2v) is 6.85. The summed E-state index contributed by atoms with van der Waals surface area (Å²) in [6.45, 7) is 1.86. The van der Waals surface area contributed by atoms with E-state index in [0.717, 1.165) is 30.1 Å². The highest BCUT2D eigenvalue weighted by atomic mass is 32.1. The van der Waals surface area contributed by atoms with E-state index in [1.807, 2.05) is 7.05 Å². The zero-order valence-electron chi connectivity index (χ0n) is 14.4. The maximum Gasteiger partial charge on any atom is 0.193 e. The molecule has 25 heavy (non-hydrogen) atoms. The van der Waals surface area contributed by atoms with Crippen molar-refractivity contribution in [1.82, 2.24) is 10.2 Å². The van der Waals surface area contributed by atoms with Gasteiger partial charge >= 0.3 is 0 Å². The number of guanidine groups is 1. The van der Waals surface area contributed by atoms with Crippen LogP contribution < -0.4 is 10.1 Å². The highest BCUT2D eigenvalue weighted by Gasteiger charge is 2.17. The van der Waals surface area contributed by atoms with Crippen LogP contribution in [0.25, 0.3) is 0 Å². The Kier molecular flexibility index (Phi) is 5.88. The first kappa shape index (κ1) is 17.7. The third-order valence-electron chi connectivity index (χ3n) is 4.04. The molecule has 1 aliphatic rings. The summed E-state index contributed by atoms with van der Waals surface area (Å²) < 4.78 is 24.6. The number of fused-ring (bicyclic) bond motifs is 1. The molecule has 3 rings (SSSR count). The molecule has 0 fully saturated rings. The minimum absolute atomic E-state index is 0.196. The van der Waals surface area contributed by atoms with Gasteiger partial charge in [-0.05, 0) is 30.0 Å². The Labute approximate surface area is 151 Å². The number of thiophene rings is 1. The predicted octanol–water partition coefficient (Wildman–Crippen LogP) is 3.00. The number of hydrogen-bond donors (Lipinski definition) is 1. The molecule has 0 saturated carbocycles. The van der Waals surface area contributed by atoms with Crippen LogP contribution in [-0.4, -0.2) is 38.3 Å². The van der Waals surface area contributed by atoms with E-state index >= 15 is 0 Å². The first-order chi connectivity index (χ1) is 12.2. The molecular weight excluding hydrogens is 341 g/mol. The van der Waals surface area contributed by atoms with Crippen molar-refractivity contribution < 1.29 is 13.9 Å². The second kappa shape index (κ2) is 8.31. The van der Waals surface area contributed by atoms with Gasteiger partial charge in [0, 0.05) is 43.2 Å². The summed E-state index contributed by atoms with van der Waals surface area (Å²) in [7, 11) is 3.74. The number of rotatable bonds is 5. The van der Waals surface area contributed by atoms with Crippen LogP contribution in [0.2, 0.25) is 0 Å². The number of likely N-dealkylation sites (N-methyl/N-ethyl adjacent to an activating group) is 1. The van der Waals surface area contributed by atoms with E-state index in [4.69, 9.17) is 9.47 Å². The number of aliphatic imine (C=N–C) groups is 1. The number of ether oxygens (including phenoxy) is 2. The summed E-state index contributed by atoms with van der Waals surface area (Å²) in [6.07, 6.45) is 0.963. The molecular formula is C18H22FN3O2S. The van der Waals surface area contributed by atoms with Gasteiger partial charge in [0.15, 0.2) is 12.8 Å². The van der Waals surface area contributed by atoms with Gasteiger partial charge in [0.25, 0.3) is 0 Å². The fourth-order valence-electron chi connectivity index (χ4n) is 2.79. The lowest BCUT2D eigenvalue weighted by Crippen LogP contribution is -2.39. The summed E-state index contributed by atoms with van der Waals surface area (Å²) in [5, 5.41) is 5.37. The van der Waals surface area contributed by atoms with E-state index < -0.39 is 0 Å². The lowest BCUT2D eigenvalue weighted by Gasteiger charge is -2.24. The van der Waals surface area contributed by atoms with Gasteiger partial charge < -0.3 is 19.7 Å². The van der Waals surface area contributed by atoms with Gasteiger partial charge in [0.05, 0.1) is 6.61 Å². The minimum atomic E-state index is -0.286. The molecule has 0 unspecified atom stereocenters. The smallest absolute Gasteiger partial charge is 0.193 e. The van der Waals surface area contributed by atoms with Crippen molar-refractivity contribution >= 4 is 17.3 Å². The van der Waals surface area contributed by atoms with Gasteiger partial charge in [0.2, 0.25) is 0 Å². The van der Waals surface area contributed by atoms with Crippen LogP contribution in [0.1, 0.15) is 16.0 Å². The molecule has 1 aromatic carbocycles. The molecule has 0 saturated heterocycles. The van der Waals surface area contributed by atoms with Gasteiger partial charge in [-0.3, -0.25) is 4.99 Å². The van der Waals surface area contributed by atoms with Crippen molar-refractivity contribution in [2.45, 2.75) is 19.6 Å². The van der Waals surface area contributed by atoms with Crippen LogP contribution in [0.15, 0.2) is 34.6 Å². The Hall–Kier alpha value is -2.12. The van der Waals surface area contributed by atoms with E-state index in [1.54, 1.807) is 18.4 Å². The molecule has 0 bridgehead atoms. The van der Waals surface area contributed by atoms with E-state index in [9.17, 15) is 4.39 Å². The third-order valence-corrected chi connectivity index (χ3v) is 4.97. The molecule has 1 aromatic heterocycles. The molecule has 134 valence electrons. The molecule has 1 N–H and O–H groups in total. The summed E-state index contributed by atoms with van der Waals surface area (Å²) >= 11 is 1.75. The first-order valence-corrected chi connectivity index (χ1v) is 9.01. The van der Waals surface area contributed by atoms with Crippen molar-refractivity contribution in [2.24, 2.45) is 4.99 Å². The molecule has 0 amide bonds. The monoisotopic (exact) mass is 363 g/mol. The minimum Gasteiger partial charge on any atom is -0.467 e. The normalized spacial score (nSPS) is 14.0. The summed E-state index contributed by atoms with van der Waals surface area (Å²) in [5.74, 6) is 1.18. The molecule has 0 aliphatic carbocycles. The SMILES string of the molecule is CN=C(NCc1cc(F)cc2c1OCOC2)N(C)CCc1cccs1. The van der Waals surface area contributed by atoms with Crippen molar-refractivity contribution in [3.05, 3.63) is 51.5 Å². The maximum atomic E-state index is 13.8. The molecule has 2 aromatic rings. The molecule has 5 nitrogen and oxygen atoms in total. The van der Waals surface area contributed by atoms with E-state index in [2.05, 4.69) is 32.7 Å². The Bertz CT molecular complexity index is 734. The van der Waals surface area contributed by atoms with Gasteiger partial charge in [-0.2, -0.15) is 0 Å². The average Bonchev–Trinajstić information content (AvgIpc) is 3.13. The van der Waals surface area contributed by atoms with Gasteiger partial charge in [-0.15, -0.1) is 11.3 Å². The molecule has 1 aliphatic heterocycles. The third kappa shape index (κ3) is 4.49. The van der Waals surface area contributed by atoms with Crippen LogP contribution >= 0.6 is 11.3 Å². The number of halogens is 1. The van der Waals surface area contributed by atoms with Gasteiger partial charge in [0.1, 0.15) is 11.6 Å². The van der Waals surface area contributed by atoms with Crippen molar-refractivity contribution in [3.63, 3.8) is 0 Å². The zero-order valence-corrected chi connectivity index (χ0v) is 15.2. The quantitative estimate of drug-likeness (QED) is 0.655. The Morgan fingerprint density at radius 3 is 3.08 bits per heavy atom. The molecule has 2 heterocycles. The van der Waals surface area contributed by atoms with Crippen LogP contribution in [0.3, 0.4) is 0 Å². The van der Waals surface area contributed by atoms with Crippen LogP contribution in [0.5, 0.6) is 5.75 Å². The Morgan fingerprint density at radius 1 is 1.44 bits per heavy atom. The summed E-state index contributed by atoms with van der Waals surface area (Å²) in [4.78, 5) is 7.72. The van der Waals surface area contributed by atoms with E-state index in [-0.39, 0.29) is 12.6 Å². The number of benzene rings is 1. The van der Waals surface area contributed by atoms with E-state index in [0.29, 0.717) is 18.9 Å².